The molecule has 1 fully saturated rings. The highest BCUT2D eigenvalue weighted by molar-refractivity contribution is 7.86. The van der Waals surface area contributed by atoms with Gasteiger partial charge in [-0.2, -0.15) is 8.42 Å². The molecular weight excluding hydrogens is 596 g/mol. The maximum Gasteiger partial charge on any atom is 0.273 e. The summed E-state index contributed by atoms with van der Waals surface area (Å²) in [5, 5.41) is -1.92. The number of nitrogens with zero attached hydrogens (tertiary/aromatic N) is 3. The predicted molar refractivity (Wildman–Crippen MR) is 151 cm³/mol. The summed E-state index contributed by atoms with van der Waals surface area (Å²) in [6.07, 6.45) is 1.30. The number of aromatic nitrogens is 1. The van der Waals surface area contributed by atoms with Crippen LogP contribution in [0.4, 0.5) is 14.6 Å². The lowest BCUT2D eigenvalue weighted by atomic mass is 9.95. The number of nitrogens with two attached hydrogens (primary N) is 2. The molecule has 1 aliphatic rings. The predicted octanol–water partition coefficient (Wildman–Crippen LogP) is 3.03. The summed E-state index contributed by atoms with van der Waals surface area (Å²) < 4.78 is 69.4. The molecule has 42 heavy (non-hydrogen) atoms. The fraction of sp³-hybridized carbons (Fsp3) is 0.296. The first-order chi connectivity index (χ1) is 19.8. The Morgan fingerprint density at radius 2 is 1.79 bits per heavy atom. The molecule has 15 heteroatoms. The lowest BCUT2D eigenvalue weighted by Crippen LogP contribution is -2.49. The van der Waals surface area contributed by atoms with E-state index in [9.17, 15) is 31.3 Å². The largest absolute Gasteiger partial charge is 0.485 e. The van der Waals surface area contributed by atoms with Gasteiger partial charge >= 0.3 is 0 Å². The number of amides is 2. The van der Waals surface area contributed by atoms with Crippen molar-refractivity contribution >= 4 is 39.4 Å². The maximum absolute atomic E-state index is 14.3. The molecule has 1 saturated heterocycles. The van der Waals surface area contributed by atoms with E-state index in [1.54, 1.807) is 9.80 Å². The third kappa shape index (κ3) is 6.95. The third-order valence-corrected chi connectivity index (χ3v) is 8.52. The molecule has 0 radical (unpaired) electrons. The van der Waals surface area contributed by atoms with Crippen LogP contribution in [0.2, 0.25) is 5.02 Å². The van der Waals surface area contributed by atoms with Crippen LogP contribution in [0.1, 0.15) is 33.7 Å². The lowest BCUT2D eigenvalue weighted by Gasteiger charge is -2.35. The quantitative estimate of drug-likeness (QED) is 0.239. The topological polar surface area (TPSA) is 169 Å². The number of nitrogen functional groups attached to an aromatic ring is 1. The van der Waals surface area contributed by atoms with E-state index in [2.05, 4.69) is 4.98 Å². The first kappa shape index (κ1) is 31.1. The van der Waals surface area contributed by atoms with Crippen molar-refractivity contribution in [2.75, 3.05) is 38.5 Å². The minimum atomic E-state index is -4.70. The van der Waals surface area contributed by atoms with E-state index in [1.807, 2.05) is 0 Å². The van der Waals surface area contributed by atoms with Gasteiger partial charge < -0.3 is 21.1 Å². The number of ether oxygens (including phenoxy) is 1. The van der Waals surface area contributed by atoms with Crippen molar-refractivity contribution < 1.29 is 36.1 Å². The van der Waals surface area contributed by atoms with Crippen molar-refractivity contribution in [3.05, 3.63) is 75.9 Å². The normalized spacial score (nSPS) is 14.9. The summed E-state index contributed by atoms with van der Waals surface area (Å²) in [4.78, 5) is 31.2. The number of hydrogen-bond acceptors (Lipinski definition) is 8. The van der Waals surface area contributed by atoms with Gasteiger partial charge in [0.25, 0.3) is 10.1 Å². The van der Waals surface area contributed by atoms with Gasteiger partial charge in [0.1, 0.15) is 23.5 Å². The molecule has 5 N–H and O–H groups in total. The molecule has 1 aromatic heterocycles. The Bertz CT molecular complexity index is 1630. The van der Waals surface area contributed by atoms with E-state index in [4.69, 9.17) is 27.8 Å². The van der Waals surface area contributed by atoms with Gasteiger partial charge in [0.05, 0.1) is 5.02 Å². The smallest absolute Gasteiger partial charge is 0.273 e. The molecule has 1 atom stereocenters. The van der Waals surface area contributed by atoms with E-state index in [-0.39, 0.29) is 51.8 Å². The van der Waals surface area contributed by atoms with Gasteiger partial charge in [-0.15, -0.1) is 0 Å². The molecule has 2 heterocycles. The zero-order valence-corrected chi connectivity index (χ0v) is 24.0. The molecule has 1 unspecified atom stereocenters. The van der Waals surface area contributed by atoms with Crippen LogP contribution in [0.15, 0.2) is 42.6 Å². The number of rotatable bonds is 9. The van der Waals surface area contributed by atoms with Gasteiger partial charge in [-0.25, -0.2) is 13.8 Å². The Balaban J connectivity index is 1.72. The second kappa shape index (κ2) is 12.6. The molecule has 3 aromatic rings. The van der Waals surface area contributed by atoms with Crippen molar-refractivity contribution in [3.8, 4) is 16.9 Å². The highest BCUT2D eigenvalue weighted by atomic mass is 35.5. The first-order valence-electron chi connectivity index (χ1n) is 12.6. The van der Waals surface area contributed by atoms with Crippen molar-refractivity contribution in [2.45, 2.75) is 18.8 Å². The number of pyridine rings is 1. The zero-order chi connectivity index (χ0) is 30.8. The summed E-state index contributed by atoms with van der Waals surface area (Å²) in [7, 11) is -4.70. The summed E-state index contributed by atoms with van der Waals surface area (Å²) in [6.45, 7) is 2.36. The molecular formula is C27H28ClF2N5O6S. The zero-order valence-electron chi connectivity index (χ0n) is 22.4. The number of hydrogen-bond donors (Lipinski definition) is 3. The van der Waals surface area contributed by atoms with E-state index < -0.39 is 44.5 Å². The molecule has 2 aromatic carbocycles. The van der Waals surface area contributed by atoms with Crippen LogP contribution in [-0.4, -0.2) is 72.3 Å². The molecule has 4 rings (SSSR count). The van der Waals surface area contributed by atoms with Crippen LogP contribution in [0.25, 0.3) is 11.1 Å². The van der Waals surface area contributed by atoms with Crippen molar-refractivity contribution in [3.63, 3.8) is 0 Å². The summed E-state index contributed by atoms with van der Waals surface area (Å²) in [6, 6.07) is 7.21. The number of primary amides is 1. The Morgan fingerprint density at radius 1 is 1.12 bits per heavy atom. The molecule has 0 spiro atoms. The van der Waals surface area contributed by atoms with Gasteiger partial charge in [0, 0.05) is 62.5 Å². The minimum absolute atomic E-state index is 0.0471. The van der Waals surface area contributed by atoms with Crippen molar-refractivity contribution in [1.82, 2.24) is 14.8 Å². The van der Waals surface area contributed by atoms with Crippen molar-refractivity contribution in [1.29, 1.82) is 0 Å². The summed E-state index contributed by atoms with van der Waals surface area (Å²) in [5.74, 6) is -2.71. The van der Waals surface area contributed by atoms with Gasteiger partial charge in [-0.05, 0) is 41.5 Å². The first-order valence-corrected chi connectivity index (χ1v) is 14.5. The number of benzene rings is 2. The van der Waals surface area contributed by atoms with E-state index in [0.717, 1.165) is 12.1 Å². The van der Waals surface area contributed by atoms with Gasteiger partial charge in [-0.3, -0.25) is 19.0 Å². The molecule has 0 saturated carbocycles. The number of anilines is 1. The monoisotopic (exact) mass is 623 g/mol. The molecule has 0 bridgehead atoms. The molecule has 224 valence electrons. The average molecular weight is 624 g/mol. The van der Waals surface area contributed by atoms with Crippen LogP contribution < -0.4 is 16.2 Å². The SMILES string of the molecule is CC(=O)N1CCN(CC(c2ccc(C(N)=O)cc2-c2cnc(N)c(OCc3c(F)ccc(F)c3Cl)c2)S(=O)(=O)O)CC1. The van der Waals surface area contributed by atoms with Gasteiger partial charge in [0.15, 0.2) is 11.6 Å². The highest BCUT2D eigenvalue weighted by Crippen LogP contribution is 2.36. The van der Waals surface area contributed by atoms with E-state index >= 15 is 0 Å². The summed E-state index contributed by atoms with van der Waals surface area (Å²) >= 11 is 5.89. The van der Waals surface area contributed by atoms with Gasteiger partial charge in [-0.1, -0.05) is 17.7 Å². The van der Waals surface area contributed by atoms with Crippen molar-refractivity contribution in [2.24, 2.45) is 5.73 Å². The van der Waals surface area contributed by atoms with E-state index in [0.29, 0.717) is 26.2 Å². The number of carbonyl (C=O) groups excluding carboxylic acids is 2. The third-order valence-electron chi connectivity index (χ3n) is 6.99. The second-order valence-electron chi connectivity index (χ2n) is 9.69. The Morgan fingerprint density at radius 3 is 2.40 bits per heavy atom. The Labute approximate surface area is 245 Å². The maximum atomic E-state index is 14.3. The van der Waals surface area contributed by atoms with Crippen LogP contribution >= 0.6 is 11.6 Å². The number of halogens is 3. The fourth-order valence-electron chi connectivity index (χ4n) is 4.64. The average Bonchev–Trinajstić information content (AvgIpc) is 2.94. The minimum Gasteiger partial charge on any atom is -0.485 e. The summed E-state index contributed by atoms with van der Waals surface area (Å²) in [5.41, 5.74) is 11.8. The molecule has 2 amide bonds. The van der Waals surface area contributed by atoms with Crippen LogP contribution in [0.5, 0.6) is 5.75 Å². The lowest BCUT2D eigenvalue weighted by molar-refractivity contribution is -0.130. The Hall–Kier alpha value is -3.85. The van der Waals surface area contributed by atoms with Gasteiger partial charge in [0.2, 0.25) is 11.8 Å². The molecule has 11 nitrogen and oxygen atoms in total. The fourth-order valence-corrected chi connectivity index (χ4v) is 5.78. The molecule has 1 aliphatic heterocycles. The van der Waals surface area contributed by atoms with Crippen LogP contribution in [-0.2, 0) is 21.5 Å². The highest BCUT2D eigenvalue weighted by Gasteiger charge is 2.32. The standard InChI is InChI=1S/C27H28ClF2N5O6S/c1-15(36)35-8-6-34(7-9-35)13-24(42(38,39)40)18-3-2-16(27(32)37)10-19(18)17-11-23(26(31)33-12-17)41-14-20-21(29)4-5-22(30)25(20)28/h2-5,10-12,24H,6-9,13-14H2,1H3,(H2,31,33)(H2,32,37)(H,38,39,40). The second-order valence-corrected chi connectivity index (χ2v) is 11.7. The molecule has 0 aliphatic carbocycles. The Kier molecular flexibility index (Phi) is 9.30. The number of piperazine rings is 1. The van der Waals surface area contributed by atoms with Crippen LogP contribution in [0, 0.1) is 11.6 Å². The number of carbonyl (C=O) groups is 2. The van der Waals surface area contributed by atoms with E-state index in [1.165, 1.54) is 37.4 Å². The van der Waals surface area contributed by atoms with Crippen LogP contribution in [0.3, 0.4) is 0 Å².